The fourth-order valence-corrected chi connectivity index (χ4v) is 14.5. The van der Waals surface area contributed by atoms with Gasteiger partial charge in [0.2, 0.25) is 0 Å². The van der Waals surface area contributed by atoms with Crippen molar-refractivity contribution in [3.05, 3.63) is 224 Å². The molecule has 0 N–H and O–H groups in total. The van der Waals surface area contributed by atoms with E-state index in [1.807, 2.05) is 140 Å². The number of rotatable bonds is 8. The van der Waals surface area contributed by atoms with Crippen LogP contribution in [0.2, 0.25) is 0 Å². The minimum absolute atomic E-state index is 0.520. The molecule has 4 nitrogen and oxygen atoms in total. The monoisotopic (exact) mass is 809 g/mol. The maximum Gasteiger partial charge on any atom is 0.174 e. The van der Waals surface area contributed by atoms with Gasteiger partial charge in [0.15, 0.2) is 14.3 Å². The third-order valence-corrected chi connectivity index (χ3v) is 17.9. The summed E-state index contributed by atoms with van der Waals surface area (Å²) in [6.07, 6.45) is 0. The molecule has 0 aliphatic rings. The first-order valence-corrected chi connectivity index (χ1v) is 23.5. The van der Waals surface area contributed by atoms with Crippen molar-refractivity contribution >= 4 is 89.9 Å². The third kappa shape index (κ3) is 5.60. The molecule has 2 aromatic heterocycles. The topological polar surface area (TPSA) is 52.2 Å². The molecule has 11 rings (SSSR count). The summed E-state index contributed by atoms with van der Waals surface area (Å²) in [7, 11) is -7.02. The summed E-state index contributed by atoms with van der Waals surface area (Å²) in [5, 5.41) is 8.08. The Labute approximate surface area is 347 Å². The maximum absolute atomic E-state index is 16.4. The smallest absolute Gasteiger partial charge is 0.174 e. The van der Waals surface area contributed by atoms with Gasteiger partial charge in [-0.3, -0.25) is 0 Å². The fraction of sp³-hybridized carbons (Fsp3) is 0. The van der Waals surface area contributed by atoms with E-state index in [2.05, 4.69) is 89.5 Å². The van der Waals surface area contributed by atoms with Gasteiger partial charge in [-0.2, -0.15) is 0 Å². The summed E-state index contributed by atoms with van der Waals surface area (Å²) in [5.74, 6) is 0. The lowest BCUT2D eigenvalue weighted by molar-refractivity contribution is 0.592. The maximum atomic E-state index is 16.4. The van der Waals surface area contributed by atoms with Gasteiger partial charge in [-0.1, -0.05) is 182 Å². The molecule has 286 valence electrons. The van der Waals surface area contributed by atoms with E-state index in [1.165, 1.54) is 10.8 Å². The number of furan rings is 1. The highest BCUT2D eigenvalue weighted by atomic mass is 31.2. The first-order chi connectivity index (χ1) is 29.5. The Bertz CT molecular complexity index is 3330. The summed E-state index contributed by atoms with van der Waals surface area (Å²) in [6, 6.07) is 74.5. The van der Waals surface area contributed by atoms with E-state index >= 15 is 9.13 Å². The lowest BCUT2D eigenvalue weighted by Gasteiger charge is -2.21. The number of benzene rings is 9. The van der Waals surface area contributed by atoms with Crippen LogP contribution >= 0.6 is 14.3 Å². The Hall–Kier alpha value is -6.96. The van der Waals surface area contributed by atoms with E-state index < -0.39 is 14.3 Å². The molecule has 0 bridgehead atoms. The van der Waals surface area contributed by atoms with Crippen molar-refractivity contribution in [1.29, 1.82) is 0 Å². The Kier molecular flexibility index (Phi) is 8.67. The Morgan fingerprint density at radius 1 is 0.333 bits per heavy atom. The van der Waals surface area contributed by atoms with Crippen LogP contribution < -0.4 is 31.8 Å². The molecule has 0 unspecified atom stereocenters. The van der Waals surface area contributed by atoms with Gasteiger partial charge in [-0.05, 0) is 53.6 Å². The standard InChI is InChI=1S/C54H37NO3P2/c56-59(41-18-5-1-6-19-41,42-20-7-2-8-21-42)51-31-17-28-47-48-36-39(38-32-34-40(35-33-38)55-49-29-15-13-26-45(49)46-27-14-16-30-50(46)55)37-52(54(48)58-53(47)51)60(57,43-22-9-3-10-23-43)44-24-11-4-12-25-44/h1-37H. The minimum Gasteiger partial charge on any atom is -0.454 e. The Morgan fingerprint density at radius 3 is 1.25 bits per heavy atom. The van der Waals surface area contributed by atoms with Crippen LogP contribution in [0.4, 0.5) is 0 Å². The SMILES string of the molecule is O=P(c1ccccc1)(c1ccccc1)c1cccc2c1oc1c(P(=O)(c3ccccc3)c3ccccc3)cc(-c3ccc(-n4c5ccccc5c5ccccc54)cc3)cc12. The van der Waals surface area contributed by atoms with E-state index in [4.69, 9.17) is 4.42 Å². The minimum atomic E-state index is -3.57. The summed E-state index contributed by atoms with van der Waals surface area (Å²) in [5.41, 5.74) is 6.26. The zero-order valence-corrected chi connectivity index (χ0v) is 34.2. The predicted molar refractivity (Wildman–Crippen MR) is 252 cm³/mol. The third-order valence-electron chi connectivity index (χ3n) is 11.8. The molecular weight excluding hydrogens is 773 g/mol. The normalized spacial score (nSPS) is 12.1. The molecule has 0 radical (unpaired) electrons. The fourth-order valence-electron chi connectivity index (χ4n) is 8.93. The number of hydrogen-bond donors (Lipinski definition) is 0. The van der Waals surface area contributed by atoms with Gasteiger partial charge in [0.05, 0.1) is 21.6 Å². The van der Waals surface area contributed by atoms with E-state index in [1.54, 1.807) is 0 Å². The van der Waals surface area contributed by atoms with Crippen LogP contribution in [0.1, 0.15) is 0 Å². The predicted octanol–water partition coefficient (Wildman–Crippen LogP) is 11.6. The number of fused-ring (bicyclic) bond motifs is 6. The molecule has 0 amide bonds. The molecule has 0 aliphatic heterocycles. The summed E-state index contributed by atoms with van der Waals surface area (Å²) < 4.78 is 41.7. The van der Waals surface area contributed by atoms with Gasteiger partial charge >= 0.3 is 0 Å². The van der Waals surface area contributed by atoms with Crippen molar-refractivity contribution < 1.29 is 13.5 Å². The van der Waals surface area contributed by atoms with Gasteiger partial charge in [-0.25, -0.2) is 0 Å². The second-order valence-corrected chi connectivity index (χ2v) is 20.6. The lowest BCUT2D eigenvalue weighted by atomic mass is 10.0. The van der Waals surface area contributed by atoms with Gasteiger partial charge in [0.1, 0.15) is 11.2 Å². The van der Waals surface area contributed by atoms with E-state index in [-0.39, 0.29) is 0 Å². The molecule has 0 aliphatic carbocycles. The summed E-state index contributed by atoms with van der Waals surface area (Å²) >= 11 is 0. The van der Waals surface area contributed by atoms with Crippen LogP contribution in [0.5, 0.6) is 0 Å². The van der Waals surface area contributed by atoms with Gasteiger partial charge in [-0.15, -0.1) is 0 Å². The second kappa shape index (κ2) is 14.4. The van der Waals surface area contributed by atoms with Crippen LogP contribution in [0.15, 0.2) is 229 Å². The van der Waals surface area contributed by atoms with Gasteiger partial charge in [0, 0.05) is 48.5 Å². The van der Waals surface area contributed by atoms with Crippen LogP contribution in [0.3, 0.4) is 0 Å². The van der Waals surface area contributed by atoms with Crippen LogP contribution in [0, 0.1) is 0 Å². The van der Waals surface area contributed by atoms with Gasteiger partial charge in [0.25, 0.3) is 0 Å². The average molecular weight is 810 g/mol. The zero-order valence-electron chi connectivity index (χ0n) is 32.4. The zero-order chi connectivity index (χ0) is 40.3. The number of nitrogens with zero attached hydrogens (tertiary/aromatic N) is 1. The summed E-state index contributed by atoms with van der Waals surface area (Å²) in [4.78, 5) is 0. The molecule has 0 saturated heterocycles. The highest BCUT2D eigenvalue weighted by Gasteiger charge is 2.37. The molecule has 6 heteroatoms. The molecule has 0 saturated carbocycles. The molecular formula is C54H37NO3P2. The molecule has 2 heterocycles. The lowest BCUT2D eigenvalue weighted by Crippen LogP contribution is -2.25. The van der Waals surface area contributed by atoms with Crippen molar-refractivity contribution in [3.8, 4) is 16.8 Å². The number of hydrogen-bond acceptors (Lipinski definition) is 3. The quantitative estimate of drug-likeness (QED) is 0.144. The van der Waals surface area contributed by atoms with Crippen LogP contribution in [-0.2, 0) is 9.13 Å². The van der Waals surface area contributed by atoms with Crippen molar-refractivity contribution in [3.63, 3.8) is 0 Å². The molecule has 0 spiro atoms. The average Bonchev–Trinajstić information content (AvgIpc) is 3.88. The summed E-state index contributed by atoms with van der Waals surface area (Å²) in [6.45, 7) is 0. The van der Waals surface area contributed by atoms with Gasteiger partial charge < -0.3 is 18.1 Å². The molecule has 60 heavy (non-hydrogen) atoms. The Balaban J connectivity index is 1.19. The molecule has 11 aromatic rings. The number of aromatic nitrogens is 1. The first-order valence-electron chi connectivity index (χ1n) is 20.1. The van der Waals surface area contributed by atoms with E-state index in [0.29, 0.717) is 43.0 Å². The van der Waals surface area contributed by atoms with E-state index in [9.17, 15) is 0 Å². The molecule has 0 fully saturated rings. The van der Waals surface area contributed by atoms with Crippen LogP contribution in [-0.4, -0.2) is 4.57 Å². The van der Waals surface area contributed by atoms with E-state index in [0.717, 1.165) is 38.6 Å². The highest BCUT2D eigenvalue weighted by molar-refractivity contribution is 7.86. The van der Waals surface area contributed by atoms with Crippen LogP contribution in [0.25, 0.3) is 60.6 Å². The largest absolute Gasteiger partial charge is 0.454 e. The highest BCUT2D eigenvalue weighted by Crippen LogP contribution is 2.49. The van der Waals surface area contributed by atoms with Crippen molar-refractivity contribution in [2.45, 2.75) is 0 Å². The Morgan fingerprint density at radius 2 is 0.750 bits per heavy atom. The second-order valence-electron chi connectivity index (χ2n) is 15.1. The van der Waals surface area contributed by atoms with Crippen molar-refractivity contribution in [1.82, 2.24) is 4.57 Å². The van der Waals surface area contributed by atoms with Crippen molar-refractivity contribution in [2.75, 3.05) is 0 Å². The molecule has 9 aromatic carbocycles. The van der Waals surface area contributed by atoms with Crippen molar-refractivity contribution in [2.24, 2.45) is 0 Å². The molecule has 0 atom stereocenters. The number of para-hydroxylation sites is 3. The first kappa shape index (κ1) is 36.1.